The molecule has 18 heavy (non-hydrogen) atoms. The number of hydrogen-bond acceptors (Lipinski definition) is 3. The lowest BCUT2D eigenvalue weighted by Crippen LogP contribution is -2.41. The van der Waals surface area contributed by atoms with Crippen molar-refractivity contribution in [1.82, 2.24) is 0 Å². The number of anilines is 1. The van der Waals surface area contributed by atoms with E-state index >= 15 is 0 Å². The smallest absolute Gasteiger partial charge is 0.263 e. The molecule has 0 bridgehead atoms. The Kier molecular flexibility index (Phi) is 4.19. The number of nitrogens with one attached hydrogen (secondary N) is 1. The fraction of sp³-hybridized carbons (Fsp3) is 0.500. The van der Waals surface area contributed by atoms with Gasteiger partial charge >= 0.3 is 0 Å². The minimum Gasteiger partial charge on any atom is -0.434 e. The first-order chi connectivity index (χ1) is 8.72. The van der Waals surface area contributed by atoms with Crippen molar-refractivity contribution in [2.24, 2.45) is 0 Å². The molecule has 0 aliphatic carbocycles. The topological polar surface area (TPSA) is 30.5 Å². The van der Waals surface area contributed by atoms with Gasteiger partial charge < -0.3 is 14.8 Å². The maximum atomic E-state index is 5.92. The molecule has 0 spiro atoms. The third-order valence-corrected chi connectivity index (χ3v) is 3.25. The van der Waals surface area contributed by atoms with E-state index in [0.29, 0.717) is 11.8 Å². The molecule has 3 nitrogen and oxygen atoms in total. The zero-order chi connectivity index (χ0) is 13.0. The van der Waals surface area contributed by atoms with Crippen LogP contribution in [0.25, 0.3) is 0 Å². The summed E-state index contributed by atoms with van der Waals surface area (Å²) in [5, 5.41) is 3.47. The van der Waals surface area contributed by atoms with Crippen molar-refractivity contribution in [2.75, 3.05) is 11.9 Å². The molecule has 4 heteroatoms. The number of thiocarbonyl (C=S) groups is 1. The number of fused-ring (bicyclic) bond motifs is 1. The lowest BCUT2D eigenvalue weighted by Gasteiger charge is -2.39. The number of unbranched alkanes of at least 4 members (excludes halogenated alkanes) is 1. The lowest BCUT2D eigenvalue weighted by molar-refractivity contribution is -0.203. The number of para-hydroxylation sites is 1. The van der Waals surface area contributed by atoms with Gasteiger partial charge in [0, 0.05) is 18.6 Å². The van der Waals surface area contributed by atoms with Crippen LogP contribution in [0.2, 0.25) is 0 Å². The Balaban J connectivity index is 2.41. The fourth-order valence-electron chi connectivity index (χ4n) is 2.27. The lowest BCUT2D eigenvalue weighted by atomic mass is 9.96. The van der Waals surface area contributed by atoms with E-state index in [-0.39, 0.29) is 0 Å². The molecule has 98 valence electrons. The van der Waals surface area contributed by atoms with Gasteiger partial charge in [-0.2, -0.15) is 0 Å². The van der Waals surface area contributed by atoms with Crippen LogP contribution in [0.5, 0.6) is 0 Å². The molecule has 1 aromatic carbocycles. The molecule has 1 aromatic rings. The highest BCUT2D eigenvalue weighted by Gasteiger charge is 2.40. The molecular weight excluding hydrogens is 246 g/mol. The van der Waals surface area contributed by atoms with Crippen LogP contribution in [0.4, 0.5) is 5.69 Å². The molecule has 0 saturated heterocycles. The minimum absolute atomic E-state index is 0.387. The quantitative estimate of drug-likeness (QED) is 0.820. The summed E-state index contributed by atoms with van der Waals surface area (Å²) in [4.78, 5) is 0. The monoisotopic (exact) mass is 265 g/mol. The summed E-state index contributed by atoms with van der Waals surface area (Å²) in [6.45, 7) is 4.73. The van der Waals surface area contributed by atoms with Crippen LogP contribution in [0.1, 0.15) is 38.7 Å². The Morgan fingerprint density at radius 1 is 1.33 bits per heavy atom. The van der Waals surface area contributed by atoms with Gasteiger partial charge in [0.25, 0.3) is 5.17 Å². The summed E-state index contributed by atoms with van der Waals surface area (Å²) < 4.78 is 11.8. The van der Waals surface area contributed by atoms with E-state index in [2.05, 4.69) is 12.2 Å². The fourth-order valence-corrected chi connectivity index (χ4v) is 2.52. The average Bonchev–Trinajstić information content (AvgIpc) is 2.36. The van der Waals surface area contributed by atoms with Gasteiger partial charge in [0.05, 0.1) is 5.69 Å². The molecule has 0 amide bonds. The van der Waals surface area contributed by atoms with E-state index in [1.54, 1.807) is 0 Å². The first-order valence-electron chi connectivity index (χ1n) is 6.45. The highest BCUT2D eigenvalue weighted by molar-refractivity contribution is 7.80. The molecule has 1 aliphatic rings. The summed E-state index contributed by atoms with van der Waals surface area (Å²) >= 11 is 5.18. The van der Waals surface area contributed by atoms with Crippen LogP contribution >= 0.6 is 12.2 Å². The van der Waals surface area contributed by atoms with Crippen LogP contribution in [0, 0.1) is 0 Å². The summed E-state index contributed by atoms with van der Waals surface area (Å²) in [5.41, 5.74) is 2.02. The van der Waals surface area contributed by atoms with Gasteiger partial charge in [-0.25, -0.2) is 0 Å². The maximum Gasteiger partial charge on any atom is 0.263 e. The predicted molar refractivity (Wildman–Crippen MR) is 76.6 cm³/mol. The standard InChI is InChI=1S/C14H19NO2S/c1-3-5-10-14(16-4-2)11-8-6-7-9-12(11)15-13(18)17-14/h6-9H,3-5,10H2,1-2H3,(H,15,18). The SMILES string of the molecule is CCCCC1(OCC)OC(=S)Nc2ccccc21. The normalized spacial score (nSPS) is 22.0. The van der Waals surface area contributed by atoms with Crippen LogP contribution in [0.15, 0.2) is 24.3 Å². The average molecular weight is 265 g/mol. The van der Waals surface area contributed by atoms with Crippen LogP contribution < -0.4 is 5.32 Å². The zero-order valence-electron chi connectivity index (χ0n) is 10.9. The van der Waals surface area contributed by atoms with Gasteiger partial charge in [-0.05, 0) is 31.6 Å². The predicted octanol–water partition coefficient (Wildman–Crippen LogP) is 3.79. The Labute approximate surface area is 113 Å². The van der Waals surface area contributed by atoms with E-state index < -0.39 is 5.79 Å². The van der Waals surface area contributed by atoms with Gasteiger partial charge in [0.15, 0.2) is 0 Å². The second kappa shape index (κ2) is 5.67. The highest BCUT2D eigenvalue weighted by atomic mass is 32.1. The summed E-state index contributed by atoms with van der Waals surface area (Å²) in [7, 11) is 0. The molecule has 0 radical (unpaired) electrons. The summed E-state index contributed by atoms with van der Waals surface area (Å²) in [6.07, 6.45) is 2.95. The van der Waals surface area contributed by atoms with Gasteiger partial charge in [-0.1, -0.05) is 31.5 Å². The first kappa shape index (κ1) is 13.3. The minimum atomic E-state index is -0.719. The molecular formula is C14H19NO2S. The van der Waals surface area contributed by atoms with Crippen molar-refractivity contribution in [2.45, 2.75) is 38.9 Å². The van der Waals surface area contributed by atoms with Gasteiger partial charge in [0.2, 0.25) is 5.79 Å². The zero-order valence-corrected chi connectivity index (χ0v) is 11.7. The highest BCUT2D eigenvalue weighted by Crippen LogP contribution is 2.40. The Morgan fingerprint density at radius 3 is 2.83 bits per heavy atom. The molecule has 1 heterocycles. The van der Waals surface area contributed by atoms with Gasteiger partial charge in [-0.3, -0.25) is 0 Å². The number of rotatable bonds is 5. The van der Waals surface area contributed by atoms with E-state index in [1.165, 1.54) is 0 Å². The second-order valence-electron chi connectivity index (χ2n) is 4.35. The van der Waals surface area contributed by atoms with E-state index in [4.69, 9.17) is 21.7 Å². The third-order valence-electron chi connectivity index (χ3n) is 3.07. The van der Waals surface area contributed by atoms with Crippen molar-refractivity contribution in [3.8, 4) is 0 Å². The van der Waals surface area contributed by atoms with Crippen LogP contribution in [-0.4, -0.2) is 11.8 Å². The van der Waals surface area contributed by atoms with Crippen molar-refractivity contribution < 1.29 is 9.47 Å². The summed E-state index contributed by atoms with van der Waals surface area (Å²) in [6, 6.07) is 8.02. The van der Waals surface area contributed by atoms with Gasteiger partial charge in [-0.15, -0.1) is 0 Å². The van der Waals surface area contributed by atoms with Crippen molar-refractivity contribution in [3.05, 3.63) is 29.8 Å². The molecule has 0 fully saturated rings. The molecule has 0 saturated carbocycles. The molecule has 1 unspecified atom stereocenters. The molecule has 1 aliphatic heterocycles. The van der Waals surface area contributed by atoms with E-state index in [1.807, 2.05) is 31.2 Å². The van der Waals surface area contributed by atoms with Crippen LogP contribution in [0.3, 0.4) is 0 Å². The Morgan fingerprint density at radius 2 is 2.11 bits per heavy atom. The maximum absolute atomic E-state index is 5.92. The second-order valence-corrected chi connectivity index (χ2v) is 4.72. The number of hydrogen-bond donors (Lipinski definition) is 1. The largest absolute Gasteiger partial charge is 0.434 e. The van der Waals surface area contributed by atoms with Crippen molar-refractivity contribution in [1.29, 1.82) is 0 Å². The van der Waals surface area contributed by atoms with Gasteiger partial charge in [0.1, 0.15) is 0 Å². The molecule has 0 aromatic heterocycles. The van der Waals surface area contributed by atoms with Crippen LogP contribution in [-0.2, 0) is 15.3 Å². The van der Waals surface area contributed by atoms with Crippen molar-refractivity contribution >= 4 is 23.1 Å². The first-order valence-corrected chi connectivity index (χ1v) is 6.86. The van der Waals surface area contributed by atoms with E-state index in [9.17, 15) is 0 Å². The molecule has 1 N–H and O–H groups in total. The van der Waals surface area contributed by atoms with Crippen molar-refractivity contribution in [3.63, 3.8) is 0 Å². The Hall–Kier alpha value is -1.13. The number of benzene rings is 1. The third kappa shape index (κ3) is 2.49. The molecule has 2 rings (SSSR count). The molecule has 1 atom stereocenters. The summed E-state index contributed by atoms with van der Waals surface area (Å²) in [5.74, 6) is -0.719. The number of ether oxygens (including phenoxy) is 2. The Bertz CT molecular complexity index is 436. The van der Waals surface area contributed by atoms with E-state index in [0.717, 1.165) is 30.5 Å².